The number of aromatic nitrogens is 4. The second-order valence-electron chi connectivity index (χ2n) is 6.73. The second-order valence-corrected chi connectivity index (χ2v) is 6.73. The van der Waals surface area contributed by atoms with Crippen molar-refractivity contribution in [1.29, 1.82) is 0 Å². The van der Waals surface area contributed by atoms with Gasteiger partial charge in [0.1, 0.15) is 5.52 Å². The van der Waals surface area contributed by atoms with Crippen LogP contribution in [0, 0.1) is 5.41 Å². The molecule has 1 aliphatic rings. The Morgan fingerprint density at radius 2 is 2.15 bits per heavy atom. The molecule has 1 aliphatic carbocycles. The molecule has 5 nitrogen and oxygen atoms in total. The highest BCUT2D eigenvalue weighted by Gasteiger charge is 2.38. The molecule has 1 saturated carbocycles. The minimum atomic E-state index is 0.275. The van der Waals surface area contributed by atoms with E-state index >= 15 is 0 Å². The lowest BCUT2D eigenvalue weighted by Gasteiger charge is -2.29. The van der Waals surface area contributed by atoms with Gasteiger partial charge in [0, 0.05) is 13.1 Å². The van der Waals surface area contributed by atoms with Crippen LogP contribution < -0.4 is 5.73 Å². The topological polar surface area (TPSA) is 61.7 Å². The summed E-state index contributed by atoms with van der Waals surface area (Å²) in [5.74, 6) is 0.644. The summed E-state index contributed by atoms with van der Waals surface area (Å²) < 4.78 is 4.19. The molecule has 5 heteroatoms. The first-order valence-corrected chi connectivity index (χ1v) is 7.65. The lowest BCUT2D eigenvalue weighted by atomic mass is 9.87. The van der Waals surface area contributed by atoms with Crippen LogP contribution in [0.25, 0.3) is 11.2 Å². The van der Waals surface area contributed by atoms with Crippen LogP contribution >= 0.6 is 0 Å². The van der Waals surface area contributed by atoms with Crippen LogP contribution in [0.1, 0.15) is 58.2 Å². The van der Waals surface area contributed by atoms with Crippen LogP contribution in [0.5, 0.6) is 0 Å². The van der Waals surface area contributed by atoms with Crippen molar-refractivity contribution in [2.75, 3.05) is 5.73 Å². The molecule has 2 heterocycles. The average molecular weight is 275 g/mol. The lowest BCUT2D eigenvalue weighted by Crippen LogP contribution is -2.23. The minimum absolute atomic E-state index is 0.275. The summed E-state index contributed by atoms with van der Waals surface area (Å²) >= 11 is 0. The molecule has 20 heavy (non-hydrogen) atoms. The molecule has 3 rings (SSSR count). The first-order chi connectivity index (χ1) is 9.45. The third-order valence-corrected chi connectivity index (χ3v) is 4.76. The van der Waals surface area contributed by atoms with Gasteiger partial charge >= 0.3 is 0 Å². The van der Waals surface area contributed by atoms with E-state index in [0.29, 0.717) is 12.0 Å². The van der Waals surface area contributed by atoms with Crippen LogP contribution in [0.2, 0.25) is 0 Å². The number of nitrogens with two attached hydrogens (primary N) is 1. The van der Waals surface area contributed by atoms with Gasteiger partial charge in [-0.25, -0.2) is 4.98 Å². The number of fused-ring (bicyclic) bond motifs is 1. The van der Waals surface area contributed by atoms with Gasteiger partial charge in [-0.3, -0.25) is 9.25 Å². The Bertz CT molecular complexity index is 634. The van der Waals surface area contributed by atoms with E-state index in [2.05, 4.69) is 35.4 Å². The summed E-state index contributed by atoms with van der Waals surface area (Å²) in [5, 5.41) is 4.64. The number of aryl methyl sites for hydroxylation is 2. The summed E-state index contributed by atoms with van der Waals surface area (Å²) in [6, 6.07) is 0.428. The Balaban J connectivity index is 2.18. The summed E-state index contributed by atoms with van der Waals surface area (Å²) in [7, 11) is 2.00. The van der Waals surface area contributed by atoms with E-state index in [-0.39, 0.29) is 5.41 Å². The first-order valence-electron chi connectivity index (χ1n) is 7.65. The van der Waals surface area contributed by atoms with Crippen LogP contribution in [-0.2, 0) is 13.5 Å². The molecule has 2 aromatic heterocycles. The van der Waals surface area contributed by atoms with Gasteiger partial charge in [-0.1, -0.05) is 33.6 Å². The standard InChI is InChI=1S/C15H25N5/c1-5-7-10-12-13(19(4)18-10)20(14(16)17-12)11-8-6-9-15(11,2)3/h11H,5-9H2,1-4H3,(H2,16,17). The fraction of sp³-hybridized carbons (Fsp3) is 0.733. The summed E-state index contributed by atoms with van der Waals surface area (Å²) in [6.07, 6.45) is 5.72. The number of hydrogen-bond acceptors (Lipinski definition) is 3. The highest BCUT2D eigenvalue weighted by atomic mass is 15.4. The predicted molar refractivity (Wildman–Crippen MR) is 81.6 cm³/mol. The monoisotopic (exact) mass is 275 g/mol. The molecule has 0 aliphatic heterocycles. The quantitative estimate of drug-likeness (QED) is 0.936. The van der Waals surface area contributed by atoms with E-state index in [1.807, 2.05) is 11.7 Å². The van der Waals surface area contributed by atoms with Crippen LogP contribution in [0.4, 0.5) is 5.95 Å². The fourth-order valence-corrected chi connectivity index (χ4v) is 3.72. The Morgan fingerprint density at radius 1 is 1.40 bits per heavy atom. The van der Waals surface area contributed by atoms with E-state index in [1.54, 1.807) is 0 Å². The highest BCUT2D eigenvalue weighted by molar-refractivity contribution is 5.78. The molecule has 0 spiro atoms. The van der Waals surface area contributed by atoms with Gasteiger partial charge in [0.2, 0.25) is 5.95 Å². The molecule has 0 saturated heterocycles. The fourth-order valence-electron chi connectivity index (χ4n) is 3.72. The third kappa shape index (κ3) is 1.83. The third-order valence-electron chi connectivity index (χ3n) is 4.76. The van der Waals surface area contributed by atoms with Crippen molar-refractivity contribution < 1.29 is 0 Å². The molecule has 0 radical (unpaired) electrons. The molecule has 110 valence electrons. The zero-order valence-electron chi connectivity index (χ0n) is 13.0. The maximum Gasteiger partial charge on any atom is 0.202 e. The maximum atomic E-state index is 6.24. The summed E-state index contributed by atoms with van der Waals surface area (Å²) in [6.45, 7) is 6.83. The molecular weight excluding hydrogens is 250 g/mol. The Hall–Kier alpha value is -1.52. The van der Waals surface area contributed by atoms with Gasteiger partial charge in [-0.2, -0.15) is 5.10 Å². The van der Waals surface area contributed by atoms with Gasteiger partial charge in [0.15, 0.2) is 5.65 Å². The van der Waals surface area contributed by atoms with Crippen molar-refractivity contribution in [1.82, 2.24) is 19.3 Å². The Morgan fingerprint density at radius 3 is 2.75 bits per heavy atom. The van der Waals surface area contributed by atoms with Crippen LogP contribution in [0.15, 0.2) is 0 Å². The van der Waals surface area contributed by atoms with Gasteiger partial charge in [0.05, 0.1) is 5.69 Å². The molecule has 2 N–H and O–H groups in total. The molecule has 0 aromatic carbocycles. The molecule has 0 amide bonds. The van der Waals surface area contributed by atoms with Crippen molar-refractivity contribution in [3.63, 3.8) is 0 Å². The van der Waals surface area contributed by atoms with E-state index in [4.69, 9.17) is 5.73 Å². The molecular formula is C15H25N5. The van der Waals surface area contributed by atoms with Crippen molar-refractivity contribution in [2.45, 2.75) is 58.9 Å². The van der Waals surface area contributed by atoms with Crippen molar-refractivity contribution in [3.8, 4) is 0 Å². The van der Waals surface area contributed by atoms with E-state index in [9.17, 15) is 0 Å². The average Bonchev–Trinajstić information content (AvgIpc) is 2.96. The zero-order valence-corrected chi connectivity index (χ0v) is 13.0. The summed E-state index contributed by atoms with van der Waals surface area (Å²) in [4.78, 5) is 4.62. The predicted octanol–water partition coefficient (Wildman–Crippen LogP) is 3.06. The van der Waals surface area contributed by atoms with Crippen molar-refractivity contribution >= 4 is 17.1 Å². The highest BCUT2D eigenvalue weighted by Crippen LogP contribution is 2.47. The molecule has 0 bridgehead atoms. The number of hydrogen-bond donors (Lipinski definition) is 1. The SMILES string of the molecule is CCCc1nn(C)c2c1nc(N)n2C1CCCC1(C)C. The van der Waals surface area contributed by atoms with Crippen LogP contribution in [0.3, 0.4) is 0 Å². The largest absolute Gasteiger partial charge is 0.369 e. The maximum absolute atomic E-state index is 6.24. The van der Waals surface area contributed by atoms with Gasteiger partial charge in [-0.05, 0) is 24.7 Å². The molecule has 1 unspecified atom stereocenters. The molecule has 1 fully saturated rings. The Labute approximate surface area is 120 Å². The van der Waals surface area contributed by atoms with Gasteiger partial charge in [0.25, 0.3) is 0 Å². The van der Waals surface area contributed by atoms with E-state index in [0.717, 1.165) is 29.7 Å². The minimum Gasteiger partial charge on any atom is -0.369 e. The molecule has 2 aromatic rings. The van der Waals surface area contributed by atoms with Crippen molar-refractivity contribution in [3.05, 3.63) is 5.69 Å². The first kappa shape index (κ1) is 13.5. The number of rotatable bonds is 3. The van der Waals surface area contributed by atoms with Gasteiger partial charge < -0.3 is 5.73 Å². The van der Waals surface area contributed by atoms with Gasteiger partial charge in [-0.15, -0.1) is 0 Å². The smallest absolute Gasteiger partial charge is 0.202 e. The number of nitrogens with zero attached hydrogens (tertiary/aromatic N) is 4. The van der Waals surface area contributed by atoms with E-state index < -0.39 is 0 Å². The second kappa shape index (κ2) is 4.50. The number of imidazole rings is 1. The normalized spacial score (nSPS) is 21.9. The summed E-state index contributed by atoms with van der Waals surface area (Å²) in [5.41, 5.74) is 9.68. The zero-order chi connectivity index (χ0) is 14.5. The lowest BCUT2D eigenvalue weighted by molar-refractivity contribution is 0.266. The van der Waals surface area contributed by atoms with Crippen molar-refractivity contribution in [2.24, 2.45) is 12.5 Å². The van der Waals surface area contributed by atoms with Crippen LogP contribution in [-0.4, -0.2) is 19.3 Å². The molecule has 1 atom stereocenters. The number of anilines is 1. The number of nitrogen functional groups attached to an aromatic ring is 1. The Kier molecular flexibility index (Phi) is 3.03. The van der Waals surface area contributed by atoms with E-state index in [1.165, 1.54) is 19.3 Å².